The van der Waals surface area contributed by atoms with Crippen LogP contribution in [0.15, 0.2) is 152 Å². The van der Waals surface area contributed by atoms with Crippen molar-refractivity contribution in [2.45, 2.75) is 86.0 Å². The molecule has 2 heterocycles. The van der Waals surface area contributed by atoms with E-state index in [1.165, 1.54) is 11.1 Å². The van der Waals surface area contributed by atoms with Crippen molar-refractivity contribution in [3.05, 3.63) is 168 Å². The Morgan fingerprint density at radius 1 is 0.567 bits per heavy atom. The van der Waals surface area contributed by atoms with Gasteiger partial charge in [0.15, 0.2) is 0 Å². The first-order chi connectivity index (χ1) is 28.8. The van der Waals surface area contributed by atoms with Crippen molar-refractivity contribution in [1.82, 2.24) is 14.5 Å². The second-order valence-corrected chi connectivity index (χ2v) is 19.0. The van der Waals surface area contributed by atoms with Gasteiger partial charge in [-0.15, -0.1) is 0 Å². The summed E-state index contributed by atoms with van der Waals surface area (Å²) in [6.07, 6.45) is 1.88. The van der Waals surface area contributed by atoms with E-state index in [9.17, 15) is 5.11 Å². The molecule has 6 aromatic carbocycles. The fraction of sp³-hybridized carbons (Fsp3) is 0.250. The molecule has 0 bridgehead atoms. The summed E-state index contributed by atoms with van der Waals surface area (Å²) in [4.78, 5) is 10.4. The van der Waals surface area contributed by atoms with Crippen molar-refractivity contribution in [3.63, 3.8) is 0 Å². The highest BCUT2D eigenvalue weighted by atomic mass is 16.3. The Morgan fingerprint density at radius 3 is 1.93 bits per heavy atom. The van der Waals surface area contributed by atoms with Crippen LogP contribution < -0.4 is 0 Å². The summed E-state index contributed by atoms with van der Waals surface area (Å²) < 4.78 is 10.7. The van der Waals surface area contributed by atoms with Crippen LogP contribution in [0.5, 0.6) is 5.75 Å². The van der Waals surface area contributed by atoms with Gasteiger partial charge in [-0.2, -0.15) is 0 Å². The van der Waals surface area contributed by atoms with Crippen molar-refractivity contribution in [1.29, 1.82) is 0 Å². The zero-order valence-corrected chi connectivity index (χ0v) is 36.7. The van der Waals surface area contributed by atoms with Gasteiger partial charge in [0, 0.05) is 24.3 Å². The third-order valence-corrected chi connectivity index (χ3v) is 12.7. The number of pyridine rings is 1. The van der Waals surface area contributed by atoms with E-state index in [2.05, 4.69) is 163 Å². The molecule has 0 saturated carbocycles. The molecule has 4 nitrogen and oxygen atoms in total. The van der Waals surface area contributed by atoms with Gasteiger partial charge in [-0.1, -0.05) is 160 Å². The fourth-order valence-electron chi connectivity index (χ4n) is 7.95. The molecule has 0 amide bonds. The molecule has 4 heteroatoms. The minimum Gasteiger partial charge on any atom is -0.507 e. The first-order valence-corrected chi connectivity index (χ1v) is 21.0. The first kappa shape index (κ1) is 39.2. The van der Waals surface area contributed by atoms with Crippen LogP contribution in [0.3, 0.4) is 0 Å². The summed E-state index contributed by atoms with van der Waals surface area (Å²) in [6, 6.07) is 50.7. The zero-order chi connectivity index (χ0) is 43.5. The maximum absolute atomic E-state index is 11.4. The van der Waals surface area contributed by atoms with Crippen LogP contribution in [0.2, 0.25) is 0 Å². The molecule has 8 aromatic rings. The molecule has 0 aliphatic carbocycles. The number of para-hydroxylation sites is 2. The number of rotatable bonds is 8. The lowest BCUT2D eigenvalue weighted by molar-refractivity contribution is 0.225. The van der Waals surface area contributed by atoms with Crippen LogP contribution >= 0.6 is 0 Å². The number of hydrogen-bond acceptors (Lipinski definition) is 3. The maximum Gasteiger partial charge on any atom is 0.149 e. The minimum absolute atomic E-state index is 0.0167. The second kappa shape index (κ2) is 15.4. The monoisotopic (exact) mass is 788 g/mol. The molecule has 0 unspecified atom stereocenters. The molecule has 302 valence electrons. The largest absolute Gasteiger partial charge is 0.507 e. The number of benzene rings is 6. The van der Waals surface area contributed by atoms with Crippen LogP contribution in [0.25, 0.3) is 72.7 Å². The Labute approximate surface area is 358 Å². The molecule has 60 heavy (non-hydrogen) atoms. The number of hydrogen-bond donors (Lipinski definition) is 1. The van der Waals surface area contributed by atoms with E-state index in [1.54, 1.807) is 6.07 Å². The van der Waals surface area contributed by atoms with E-state index in [-0.39, 0.29) is 22.0 Å². The zero-order valence-electron chi connectivity index (χ0n) is 37.7. The SMILES string of the molecule is [2H]C(C)(C)c1ccc(-c2ccnc(-c3cc(-c4cccc5c4nc(-c4ccccc4O)n5-c4ccc(C(C)(C)C(C)(C)C)cc4-c4ccccc4)cc(C(C)(C)C)c3)c2)cc1. The Morgan fingerprint density at radius 2 is 1.25 bits per heavy atom. The number of imidazole rings is 1. The maximum atomic E-state index is 11.4. The highest BCUT2D eigenvalue weighted by molar-refractivity contribution is 5.97. The van der Waals surface area contributed by atoms with E-state index in [0.29, 0.717) is 11.4 Å². The summed E-state index contributed by atoms with van der Waals surface area (Å²) in [7, 11) is 0. The van der Waals surface area contributed by atoms with Crippen molar-refractivity contribution in [3.8, 4) is 67.5 Å². The lowest BCUT2D eigenvalue weighted by Gasteiger charge is -2.40. The number of phenols is 1. The van der Waals surface area contributed by atoms with Gasteiger partial charge < -0.3 is 5.11 Å². The average Bonchev–Trinajstić information content (AvgIpc) is 3.62. The van der Waals surface area contributed by atoms with Crippen LogP contribution in [0.4, 0.5) is 0 Å². The molecule has 0 atom stereocenters. The molecule has 0 radical (unpaired) electrons. The number of aromatic nitrogens is 3. The lowest BCUT2D eigenvalue weighted by Crippen LogP contribution is -2.34. The predicted molar refractivity (Wildman–Crippen MR) is 253 cm³/mol. The van der Waals surface area contributed by atoms with Crippen molar-refractivity contribution >= 4 is 11.0 Å². The molecule has 1 N–H and O–H groups in total. The Bertz CT molecular complexity index is 2880. The van der Waals surface area contributed by atoms with Gasteiger partial charge in [0.1, 0.15) is 11.6 Å². The molecule has 8 rings (SSSR count). The molecule has 0 aliphatic rings. The average molecular weight is 789 g/mol. The summed E-state index contributed by atoms with van der Waals surface area (Å²) in [5.41, 5.74) is 14.9. The lowest BCUT2D eigenvalue weighted by atomic mass is 9.65. The van der Waals surface area contributed by atoms with E-state index < -0.39 is 5.89 Å². The Balaban J connectivity index is 1.36. The third-order valence-electron chi connectivity index (χ3n) is 12.7. The van der Waals surface area contributed by atoms with Crippen molar-refractivity contribution in [2.75, 3.05) is 0 Å². The topological polar surface area (TPSA) is 50.9 Å². The highest BCUT2D eigenvalue weighted by Crippen LogP contribution is 2.45. The van der Waals surface area contributed by atoms with Gasteiger partial charge in [-0.05, 0) is 116 Å². The van der Waals surface area contributed by atoms with Crippen LogP contribution in [0.1, 0.15) is 93.2 Å². The smallest absolute Gasteiger partial charge is 0.149 e. The minimum atomic E-state index is -0.662. The molecule has 0 aliphatic heterocycles. The predicted octanol–water partition coefficient (Wildman–Crippen LogP) is 15.2. The summed E-state index contributed by atoms with van der Waals surface area (Å²) in [5.74, 6) is 0.181. The molecule has 2 aromatic heterocycles. The second-order valence-electron chi connectivity index (χ2n) is 19.0. The van der Waals surface area contributed by atoms with Gasteiger partial charge in [0.2, 0.25) is 0 Å². The molecular weight excluding hydrogens is 731 g/mol. The number of nitrogens with zero attached hydrogens (tertiary/aromatic N) is 3. The van der Waals surface area contributed by atoms with E-state index >= 15 is 0 Å². The van der Waals surface area contributed by atoms with E-state index in [1.807, 2.05) is 56.4 Å². The quantitative estimate of drug-likeness (QED) is 0.167. The molecule has 0 spiro atoms. The molecule has 0 saturated heterocycles. The number of aromatic hydroxyl groups is 1. The summed E-state index contributed by atoms with van der Waals surface area (Å²) >= 11 is 0. The Kier molecular flexibility index (Phi) is 10.1. The van der Waals surface area contributed by atoms with Gasteiger partial charge in [0.05, 0.1) is 28.0 Å². The van der Waals surface area contributed by atoms with E-state index in [0.717, 1.165) is 66.9 Å². The van der Waals surface area contributed by atoms with Crippen LogP contribution in [-0.4, -0.2) is 19.6 Å². The van der Waals surface area contributed by atoms with Crippen LogP contribution in [-0.2, 0) is 10.8 Å². The van der Waals surface area contributed by atoms with Crippen molar-refractivity contribution < 1.29 is 6.48 Å². The molecular formula is C56H57N3O. The van der Waals surface area contributed by atoms with Gasteiger partial charge in [-0.25, -0.2) is 4.98 Å². The van der Waals surface area contributed by atoms with Crippen molar-refractivity contribution in [2.24, 2.45) is 5.41 Å². The third kappa shape index (κ3) is 7.56. The Hall–Kier alpha value is -6.26. The fourth-order valence-corrected chi connectivity index (χ4v) is 7.95. The van der Waals surface area contributed by atoms with Crippen LogP contribution in [0, 0.1) is 5.41 Å². The number of phenolic OH excluding ortho intramolecular Hbond substituents is 1. The number of fused-ring (bicyclic) bond motifs is 1. The highest BCUT2D eigenvalue weighted by Gasteiger charge is 2.35. The summed E-state index contributed by atoms with van der Waals surface area (Å²) in [6.45, 7) is 22.1. The first-order valence-electron chi connectivity index (χ1n) is 21.5. The van der Waals surface area contributed by atoms with Gasteiger partial charge >= 0.3 is 0 Å². The summed E-state index contributed by atoms with van der Waals surface area (Å²) in [5, 5.41) is 11.4. The van der Waals surface area contributed by atoms with E-state index in [4.69, 9.17) is 11.3 Å². The normalized spacial score (nSPS) is 12.8. The standard InChI is InChI=1S/C56H57N3O/c1-36(2)37-23-25-38(26-24-37)40-29-30-57-48(34-40)42-31-41(32-44(33-42)54(3,4)5)45-20-16-21-50-52(45)58-53(46-19-14-15-22-51(46)60)59(50)49-28-27-43(56(9,10)55(6,7)8)35-47(49)39-17-12-11-13-18-39/h11-36,60H,1-10H3/i36D. The van der Waals surface area contributed by atoms with Gasteiger partial charge in [0.25, 0.3) is 0 Å². The van der Waals surface area contributed by atoms with Gasteiger partial charge in [-0.3, -0.25) is 9.55 Å². The molecule has 0 fully saturated rings.